The third-order valence-electron chi connectivity index (χ3n) is 3.97. The fraction of sp³-hybridized carbons (Fsp3) is 0.150. The van der Waals surface area contributed by atoms with Gasteiger partial charge in [0.1, 0.15) is 23.9 Å². The lowest BCUT2D eigenvalue weighted by molar-refractivity contribution is -0.117. The number of hydrogen-bond acceptors (Lipinski definition) is 5. The van der Waals surface area contributed by atoms with Crippen LogP contribution in [0.1, 0.15) is 0 Å². The summed E-state index contributed by atoms with van der Waals surface area (Å²) < 4.78 is 24.6. The van der Waals surface area contributed by atoms with E-state index in [0.717, 1.165) is 4.68 Å². The largest absolute Gasteiger partial charge is 0.497 e. The second kappa shape index (κ2) is 8.34. The van der Waals surface area contributed by atoms with Crippen LogP contribution >= 0.6 is 0 Å². The van der Waals surface area contributed by atoms with E-state index in [1.165, 1.54) is 37.4 Å². The highest BCUT2D eigenvalue weighted by Gasteiger charge is 2.13. The summed E-state index contributed by atoms with van der Waals surface area (Å²) in [5.41, 5.74) is 1.06. The lowest BCUT2D eigenvalue weighted by atomic mass is 10.1. The fourth-order valence-electron chi connectivity index (χ4n) is 2.59. The Balaban J connectivity index is 1.87. The molecule has 0 saturated heterocycles. The predicted octanol–water partition coefficient (Wildman–Crippen LogP) is 2.71. The highest BCUT2D eigenvalue weighted by molar-refractivity contribution is 5.90. The van der Waals surface area contributed by atoms with Gasteiger partial charge in [-0.3, -0.25) is 9.59 Å². The van der Waals surface area contributed by atoms with Crippen molar-refractivity contribution in [3.63, 3.8) is 0 Å². The number of carbonyl (C=O) groups excluding carboxylic acids is 1. The number of anilines is 1. The summed E-state index contributed by atoms with van der Waals surface area (Å²) in [5, 5.41) is 6.86. The highest BCUT2D eigenvalue weighted by atomic mass is 19.1. The van der Waals surface area contributed by atoms with Crippen LogP contribution in [0.5, 0.6) is 11.5 Å². The van der Waals surface area contributed by atoms with Crippen LogP contribution in [0.4, 0.5) is 10.1 Å². The molecule has 144 valence electrons. The van der Waals surface area contributed by atoms with Crippen molar-refractivity contribution in [1.29, 1.82) is 0 Å². The molecule has 0 bridgehead atoms. The fourth-order valence-corrected chi connectivity index (χ4v) is 2.59. The molecule has 0 fully saturated rings. The minimum absolute atomic E-state index is 0.295. The van der Waals surface area contributed by atoms with Gasteiger partial charge in [0.05, 0.1) is 19.9 Å². The Hall–Kier alpha value is -3.68. The molecule has 0 aliphatic carbocycles. The maximum absolute atomic E-state index is 13.0. The molecule has 28 heavy (non-hydrogen) atoms. The second-order valence-electron chi connectivity index (χ2n) is 5.84. The summed E-state index contributed by atoms with van der Waals surface area (Å²) in [6.07, 6.45) is 0. The average molecular weight is 383 g/mol. The first-order valence-electron chi connectivity index (χ1n) is 8.36. The molecule has 1 aromatic heterocycles. The number of nitrogens with one attached hydrogen (secondary N) is 1. The summed E-state index contributed by atoms with van der Waals surface area (Å²) in [5.74, 6) is 0.283. The van der Waals surface area contributed by atoms with Crippen molar-refractivity contribution in [1.82, 2.24) is 9.78 Å². The van der Waals surface area contributed by atoms with Gasteiger partial charge in [0, 0.05) is 17.3 Å². The number of ether oxygens (including phenoxy) is 2. The van der Waals surface area contributed by atoms with E-state index < -0.39 is 17.3 Å². The van der Waals surface area contributed by atoms with Gasteiger partial charge >= 0.3 is 0 Å². The molecule has 7 nitrogen and oxygen atoms in total. The van der Waals surface area contributed by atoms with Gasteiger partial charge in [0.2, 0.25) is 5.91 Å². The first-order chi connectivity index (χ1) is 13.5. The number of halogens is 1. The van der Waals surface area contributed by atoms with Crippen LogP contribution < -0.4 is 20.3 Å². The number of carbonyl (C=O) groups is 1. The number of hydrogen-bond donors (Lipinski definition) is 1. The Labute approximate surface area is 160 Å². The maximum atomic E-state index is 13.0. The number of aromatic nitrogens is 2. The second-order valence-corrected chi connectivity index (χ2v) is 5.84. The number of amides is 1. The summed E-state index contributed by atoms with van der Waals surface area (Å²) in [7, 11) is 3.07. The quantitative estimate of drug-likeness (QED) is 0.708. The van der Waals surface area contributed by atoms with Gasteiger partial charge < -0.3 is 14.8 Å². The molecule has 1 N–H and O–H groups in total. The van der Waals surface area contributed by atoms with Crippen LogP contribution in [0.2, 0.25) is 0 Å². The van der Waals surface area contributed by atoms with Gasteiger partial charge in [-0.1, -0.05) is 0 Å². The van der Waals surface area contributed by atoms with Crippen LogP contribution in [-0.4, -0.2) is 29.9 Å². The highest BCUT2D eigenvalue weighted by Crippen LogP contribution is 2.31. The zero-order valence-corrected chi connectivity index (χ0v) is 15.3. The van der Waals surface area contributed by atoms with E-state index in [0.29, 0.717) is 28.4 Å². The van der Waals surface area contributed by atoms with Crippen molar-refractivity contribution >= 4 is 11.6 Å². The van der Waals surface area contributed by atoms with Gasteiger partial charge in [-0.2, -0.15) is 5.10 Å². The summed E-state index contributed by atoms with van der Waals surface area (Å²) in [6, 6.07) is 13.4. The van der Waals surface area contributed by atoms with Crippen molar-refractivity contribution in [2.24, 2.45) is 0 Å². The molecule has 1 amide bonds. The molecule has 8 heteroatoms. The molecule has 0 saturated carbocycles. The third-order valence-corrected chi connectivity index (χ3v) is 3.97. The van der Waals surface area contributed by atoms with Gasteiger partial charge in [-0.15, -0.1) is 0 Å². The van der Waals surface area contributed by atoms with E-state index in [2.05, 4.69) is 10.4 Å². The van der Waals surface area contributed by atoms with Crippen LogP contribution in [-0.2, 0) is 11.3 Å². The number of rotatable bonds is 6. The number of benzene rings is 2. The summed E-state index contributed by atoms with van der Waals surface area (Å²) in [6.45, 7) is -0.295. The lowest BCUT2D eigenvalue weighted by Gasteiger charge is -2.12. The van der Waals surface area contributed by atoms with Crippen molar-refractivity contribution in [3.8, 4) is 22.8 Å². The van der Waals surface area contributed by atoms with E-state index in [1.54, 1.807) is 31.4 Å². The van der Waals surface area contributed by atoms with Gasteiger partial charge in [-0.25, -0.2) is 9.07 Å². The Kier molecular flexibility index (Phi) is 5.69. The van der Waals surface area contributed by atoms with Gasteiger partial charge in [0.25, 0.3) is 5.56 Å². The normalized spacial score (nSPS) is 10.4. The molecule has 0 aliphatic heterocycles. The number of nitrogens with zero attached hydrogens (tertiary/aromatic N) is 2. The summed E-state index contributed by atoms with van der Waals surface area (Å²) >= 11 is 0. The van der Waals surface area contributed by atoms with Crippen molar-refractivity contribution in [3.05, 3.63) is 70.8 Å². The van der Waals surface area contributed by atoms with E-state index in [9.17, 15) is 14.0 Å². The standard InChI is InChI=1S/C20H18FN3O4/c1-27-15-7-9-18(28-2)16(11-15)17-8-10-20(26)24(23-17)12-19(25)22-14-5-3-13(21)4-6-14/h3-11H,12H2,1-2H3,(H,22,25). The molecule has 2 aromatic carbocycles. The van der Waals surface area contributed by atoms with Crippen molar-refractivity contribution < 1.29 is 18.7 Å². The average Bonchev–Trinajstić information content (AvgIpc) is 2.71. The van der Waals surface area contributed by atoms with Crippen LogP contribution in [0, 0.1) is 5.82 Å². The van der Waals surface area contributed by atoms with Gasteiger partial charge in [-0.05, 0) is 48.5 Å². The SMILES string of the molecule is COc1ccc(OC)c(-c2ccc(=O)n(CC(=O)Nc3ccc(F)cc3)n2)c1. The van der Waals surface area contributed by atoms with E-state index in [1.807, 2.05) is 0 Å². The molecule has 1 heterocycles. The molecule has 0 spiro atoms. The topological polar surface area (TPSA) is 82.5 Å². The lowest BCUT2D eigenvalue weighted by Crippen LogP contribution is -2.29. The van der Waals surface area contributed by atoms with Crippen molar-refractivity contribution in [2.45, 2.75) is 6.54 Å². The smallest absolute Gasteiger partial charge is 0.267 e. The van der Waals surface area contributed by atoms with E-state index in [4.69, 9.17) is 9.47 Å². The minimum Gasteiger partial charge on any atom is -0.497 e. The molecule has 3 aromatic rings. The third kappa shape index (κ3) is 4.35. The van der Waals surface area contributed by atoms with Crippen molar-refractivity contribution in [2.75, 3.05) is 19.5 Å². The zero-order chi connectivity index (χ0) is 20.1. The van der Waals surface area contributed by atoms with Crippen LogP contribution in [0.3, 0.4) is 0 Å². The zero-order valence-electron chi connectivity index (χ0n) is 15.3. The molecule has 0 radical (unpaired) electrons. The van der Waals surface area contributed by atoms with E-state index >= 15 is 0 Å². The molecular formula is C20H18FN3O4. The summed E-state index contributed by atoms with van der Waals surface area (Å²) in [4.78, 5) is 24.4. The molecule has 0 atom stereocenters. The van der Waals surface area contributed by atoms with Crippen LogP contribution in [0.25, 0.3) is 11.3 Å². The monoisotopic (exact) mass is 383 g/mol. The van der Waals surface area contributed by atoms with Crippen LogP contribution in [0.15, 0.2) is 59.4 Å². The minimum atomic E-state index is -0.462. The van der Waals surface area contributed by atoms with E-state index in [-0.39, 0.29) is 6.54 Å². The molecule has 0 unspecified atom stereocenters. The Morgan fingerprint density at radius 3 is 2.50 bits per heavy atom. The Morgan fingerprint density at radius 1 is 1.07 bits per heavy atom. The molecular weight excluding hydrogens is 365 g/mol. The molecule has 3 rings (SSSR count). The first kappa shape index (κ1) is 19.1. The Morgan fingerprint density at radius 2 is 1.82 bits per heavy atom. The predicted molar refractivity (Wildman–Crippen MR) is 102 cm³/mol. The Bertz CT molecular complexity index is 1050. The molecule has 0 aliphatic rings. The first-order valence-corrected chi connectivity index (χ1v) is 8.36. The number of methoxy groups -OCH3 is 2. The maximum Gasteiger partial charge on any atom is 0.267 e. The van der Waals surface area contributed by atoms with Gasteiger partial charge in [0.15, 0.2) is 0 Å².